The molecule has 6 nitrogen and oxygen atoms in total. The molecule has 0 saturated heterocycles. The van der Waals surface area contributed by atoms with Gasteiger partial charge in [-0.1, -0.05) is 224 Å². The Morgan fingerprint density at radius 2 is 0.623 bits per heavy atom. The molecule has 0 aromatic rings. The highest BCUT2D eigenvalue weighted by Gasteiger charge is 2.19. The van der Waals surface area contributed by atoms with E-state index in [1.165, 1.54) is 141 Å². The monoisotopic (exact) mass is 857 g/mol. The lowest BCUT2D eigenvalue weighted by atomic mass is 10.0. The smallest absolute Gasteiger partial charge is 0.306 e. The molecule has 0 aliphatic carbocycles. The van der Waals surface area contributed by atoms with Crippen LogP contribution in [0, 0.1) is 0 Å². The topological polar surface area (TPSA) is 78.9 Å². The highest BCUT2D eigenvalue weighted by atomic mass is 16.6. The van der Waals surface area contributed by atoms with Crippen molar-refractivity contribution in [3.8, 4) is 0 Å². The van der Waals surface area contributed by atoms with E-state index in [4.69, 9.17) is 14.2 Å². The van der Waals surface area contributed by atoms with Gasteiger partial charge < -0.3 is 14.2 Å². The lowest BCUT2D eigenvalue weighted by molar-refractivity contribution is -0.167. The molecule has 0 radical (unpaired) electrons. The largest absolute Gasteiger partial charge is 0.462 e. The van der Waals surface area contributed by atoms with E-state index < -0.39 is 6.10 Å². The minimum Gasteiger partial charge on any atom is -0.462 e. The van der Waals surface area contributed by atoms with Gasteiger partial charge >= 0.3 is 17.9 Å². The van der Waals surface area contributed by atoms with Gasteiger partial charge in [0.1, 0.15) is 13.2 Å². The minimum absolute atomic E-state index is 0.0775. The van der Waals surface area contributed by atoms with Crippen molar-refractivity contribution in [2.75, 3.05) is 13.2 Å². The first kappa shape index (κ1) is 58.6. The standard InChI is InChI=1S/C55H100O6/c1-4-7-10-13-16-19-22-25-26-27-28-31-33-36-39-42-45-48-54(57)60-51-52(61-55(58)49-46-43-40-37-34-30-24-21-18-15-12-9-6-3)50-59-53(56)47-44-41-38-35-32-29-23-20-17-14-11-8-5-2/h12,15,20-21,23-24,52H,4-11,13-14,16-19,22,25-51H2,1-3H3/b15-12-,23-20-,24-21-. The number of carbonyl (C=O) groups is 3. The normalized spacial score (nSPS) is 12.2. The van der Waals surface area contributed by atoms with Crippen LogP contribution in [0.1, 0.15) is 278 Å². The summed E-state index contributed by atoms with van der Waals surface area (Å²) in [4.78, 5) is 38.0. The summed E-state index contributed by atoms with van der Waals surface area (Å²) in [5.41, 5.74) is 0. The van der Waals surface area contributed by atoms with E-state index in [0.29, 0.717) is 19.3 Å². The SMILES string of the molecule is CCC/C=C\C/C=C\CCCCCCCC(=O)OC(COC(=O)CCCCCCC/C=C\CCCCCC)COC(=O)CCCCCCCCCCCCCCCCCCC. The van der Waals surface area contributed by atoms with Crippen molar-refractivity contribution in [2.24, 2.45) is 0 Å². The van der Waals surface area contributed by atoms with Gasteiger partial charge in [-0.2, -0.15) is 0 Å². The molecule has 0 N–H and O–H groups in total. The van der Waals surface area contributed by atoms with Gasteiger partial charge in [-0.05, 0) is 70.6 Å². The van der Waals surface area contributed by atoms with Crippen LogP contribution in [0.25, 0.3) is 0 Å². The molecule has 0 bridgehead atoms. The van der Waals surface area contributed by atoms with Crippen LogP contribution in [0.2, 0.25) is 0 Å². The van der Waals surface area contributed by atoms with E-state index in [2.05, 4.69) is 57.2 Å². The molecular formula is C55H100O6. The van der Waals surface area contributed by atoms with Gasteiger partial charge in [0.25, 0.3) is 0 Å². The summed E-state index contributed by atoms with van der Waals surface area (Å²) in [5, 5.41) is 0. The second-order valence-corrected chi connectivity index (χ2v) is 17.8. The second kappa shape index (κ2) is 50.3. The van der Waals surface area contributed by atoms with E-state index in [0.717, 1.165) is 96.3 Å². The number of carbonyl (C=O) groups excluding carboxylic acids is 3. The maximum Gasteiger partial charge on any atom is 0.306 e. The van der Waals surface area contributed by atoms with E-state index in [1.807, 2.05) is 0 Å². The van der Waals surface area contributed by atoms with Crippen molar-refractivity contribution in [2.45, 2.75) is 284 Å². The Balaban J connectivity index is 4.34. The van der Waals surface area contributed by atoms with Crippen molar-refractivity contribution >= 4 is 17.9 Å². The first-order chi connectivity index (χ1) is 30.0. The summed E-state index contributed by atoms with van der Waals surface area (Å²) in [7, 11) is 0. The summed E-state index contributed by atoms with van der Waals surface area (Å²) >= 11 is 0. The zero-order valence-corrected chi connectivity index (χ0v) is 40.7. The molecule has 0 aliphatic rings. The molecule has 0 fully saturated rings. The fraction of sp³-hybridized carbons (Fsp3) is 0.836. The molecule has 0 heterocycles. The zero-order valence-electron chi connectivity index (χ0n) is 40.7. The number of unbranched alkanes of at least 4 members (excludes halogenated alkanes) is 31. The number of rotatable bonds is 48. The first-order valence-corrected chi connectivity index (χ1v) is 26.5. The van der Waals surface area contributed by atoms with E-state index in [1.54, 1.807) is 0 Å². The third-order valence-electron chi connectivity index (χ3n) is 11.6. The number of ether oxygens (including phenoxy) is 3. The molecule has 0 amide bonds. The maximum absolute atomic E-state index is 12.8. The molecule has 0 aromatic carbocycles. The summed E-state index contributed by atoms with van der Waals surface area (Å²) in [5.74, 6) is -0.890. The summed E-state index contributed by atoms with van der Waals surface area (Å²) in [6, 6.07) is 0. The van der Waals surface area contributed by atoms with Gasteiger partial charge in [-0.25, -0.2) is 0 Å². The summed E-state index contributed by atoms with van der Waals surface area (Å²) in [6.07, 6.45) is 58.4. The molecule has 61 heavy (non-hydrogen) atoms. The van der Waals surface area contributed by atoms with Crippen LogP contribution in [0.15, 0.2) is 36.5 Å². The van der Waals surface area contributed by atoms with Crippen LogP contribution in [-0.2, 0) is 28.6 Å². The highest BCUT2D eigenvalue weighted by Crippen LogP contribution is 2.16. The molecule has 0 aromatic heterocycles. The van der Waals surface area contributed by atoms with E-state index in [-0.39, 0.29) is 31.1 Å². The molecule has 0 rings (SSSR count). The number of esters is 3. The molecule has 0 spiro atoms. The van der Waals surface area contributed by atoms with Gasteiger partial charge in [0.2, 0.25) is 0 Å². The fourth-order valence-electron chi connectivity index (χ4n) is 7.59. The Morgan fingerprint density at radius 1 is 0.328 bits per heavy atom. The van der Waals surface area contributed by atoms with Crippen LogP contribution < -0.4 is 0 Å². The maximum atomic E-state index is 12.8. The van der Waals surface area contributed by atoms with Crippen molar-refractivity contribution in [1.29, 1.82) is 0 Å². The number of allylic oxidation sites excluding steroid dienone is 6. The Kier molecular flexibility index (Phi) is 48.3. The average Bonchev–Trinajstić information content (AvgIpc) is 3.26. The summed E-state index contributed by atoms with van der Waals surface area (Å²) < 4.78 is 16.8. The van der Waals surface area contributed by atoms with Crippen molar-refractivity contribution in [3.63, 3.8) is 0 Å². The first-order valence-electron chi connectivity index (χ1n) is 26.5. The van der Waals surface area contributed by atoms with E-state index in [9.17, 15) is 14.4 Å². The Labute approximate surface area is 378 Å². The lowest BCUT2D eigenvalue weighted by Crippen LogP contribution is -2.30. The Morgan fingerprint density at radius 3 is 1.00 bits per heavy atom. The third-order valence-corrected chi connectivity index (χ3v) is 11.6. The minimum atomic E-state index is -0.778. The fourth-order valence-corrected chi connectivity index (χ4v) is 7.59. The van der Waals surface area contributed by atoms with Gasteiger partial charge in [0.05, 0.1) is 0 Å². The predicted molar refractivity (Wildman–Crippen MR) is 261 cm³/mol. The van der Waals surface area contributed by atoms with Crippen LogP contribution in [-0.4, -0.2) is 37.2 Å². The average molecular weight is 857 g/mol. The predicted octanol–water partition coefficient (Wildman–Crippen LogP) is 17.3. The molecule has 1 unspecified atom stereocenters. The quantitative estimate of drug-likeness (QED) is 0.0262. The van der Waals surface area contributed by atoms with Crippen LogP contribution in [0.3, 0.4) is 0 Å². The number of hydrogen-bond donors (Lipinski definition) is 0. The van der Waals surface area contributed by atoms with Crippen molar-refractivity contribution in [3.05, 3.63) is 36.5 Å². The zero-order chi connectivity index (χ0) is 44.4. The van der Waals surface area contributed by atoms with Gasteiger partial charge in [0, 0.05) is 19.3 Å². The second-order valence-electron chi connectivity index (χ2n) is 17.8. The van der Waals surface area contributed by atoms with Crippen LogP contribution in [0.5, 0.6) is 0 Å². The van der Waals surface area contributed by atoms with Crippen LogP contribution >= 0.6 is 0 Å². The lowest BCUT2D eigenvalue weighted by Gasteiger charge is -2.18. The molecule has 6 heteroatoms. The van der Waals surface area contributed by atoms with Gasteiger partial charge in [0.15, 0.2) is 6.10 Å². The van der Waals surface area contributed by atoms with Crippen molar-refractivity contribution < 1.29 is 28.6 Å². The molecular weight excluding hydrogens is 757 g/mol. The van der Waals surface area contributed by atoms with Gasteiger partial charge in [-0.15, -0.1) is 0 Å². The third kappa shape index (κ3) is 48.5. The highest BCUT2D eigenvalue weighted by molar-refractivity contribution is 5.71. The summed E-state index contributed by atoms with van der Waals surface area (Å²) in [6.45, 7) is 6.57. The Hall–Kier alpha value is -2.37. The van der Waals surface area contributed by atoms with Crippen molar-refractivity contribution in [1.82, 2.24) is 0 Å². The molecule has 356 valence electrons. The molecule has 1 atom stereocenters. The molecule has 0 aliphatic heterocycles. The molecule has 0 saturated carbocycles. The Bertz CT molecular complexity index is 1030. The van der Waals surface area contributed by atoms with E-state index >= 15 is 0 Å². The van der Waals surface area contributed by atoms with Gasteiger partial charge in [-0.3, -0.25) is 14.4 Å². The van der Waals surface area contributed by atoms with Crippen LogP contribution in [0.4, 0.5) is 0 Å². The number of hydrogen-bond acceptors (Lipinski definition) is 6.